The molecule has 3 heterocycles. The van der Waals surface area contributed by atoms with Crippen LogP contribution in [0.25, 0.3) is 0 Å². The number of hydrogen-bond acceptors (Lipinski definition) is 4. The van der Waals surface area contributed by atoms with Crippen LogP contribution in [-0.2, 0) is 13.0 Å². The largest absolute Gasteiger partial charge is 0.503 e. The van der Waals surface area contributed by atoms with Crippen LogP contribution in [0.15, 0.2) is 29.2 Å². The second-order valence-electron chi connectivity index (χ2n) is 10.5. The van der Waals surface area contributed by atoms with E-state index >= 15 is 0 Å². The lowest BCUT2D eigenvalue weighted by Gasteiger charge is -2.41. The van der Waals surface area contributed by atoms with Gasteiger partial charge in [-0.15, -0.1) is 0 Å². The summed E-state index contributed by atoms with van der Waals surface area (Å²) in [7, 11) is 0. The van der Waals surface area contributed by atoms with Crippen molar-refractivity contribution >= 4 is 11.7 Å². The number of benzene rings is 1. The molecule has 188 valence electrons. The molecule has 2 aliphatic rings. The van der Waals surface area contributed by atoms with Crippen molar-refractivity contribution in [1.82, 2.24) is 9.47 Å². The van der Waals surface area contributed by atoms with Crippen LogP contribution in [0.1, 0.15) is 72.9 Å². The summed E-state index contributed by atoms with van der Waals surface area (Å²) in [6.07, 6.45) is 4.12. The van der Waals surface area contributed by atoms with Gasteiger partial charge in [-0.2, -0.15) is 0 Å². The predicted molar refractivity (Wildman–Crippen MR) is 128 cm³/mol. The SMILES string of the molecule is CC(C)CC1CC[C@@H](C)CN2C(=O)c3c(O)c(=O)c(C(=O)CCc4ccc(F)cc4F)cn3CC12. The van der Waals surface area contributed by atoms with Crippen LogP contribution in [-0.4, -0.2) is 38.9 Å². The molecule has 8 heteroatoms. The zero-order chi connectivity index (χ0) is 25.4. The number of nitrogens with zero attached hydrogens (tertiary/aromatic N) is 2. The van der Waals surface area contributed by atoms with Crippen LogP contribution in [0.5, 0.6) is 5.75 Å². The van der Waals surface area contributed by atoms with Crippen LogP contribution in [0.4, 0.5) is 8.78 Å². The zero-order valence-electron chi connectivity index (χ0n) is 20.4. The van der Waals surface area contributed by atoms with E-state index in [0.29, 0.717) is 24.9 Å². The Hall–Kier alpha value is -3.03. The van der Waals surface area contributed by atoms with Gasteiger partial charge in [0.25, 0.3) is 5.91 Å². The summed E-state index contributed by atoms with van der Waals surface area (Å²) in [6, 6.07) is 3.05. The Balaban J connectivity index is 1.65. The molecule has 0 bridgehead atoms. The fraction of sp³-hybridized carbons (Fsp3) is 0.519. The minimum atomic E-state index is -0.894. The number of fused-ring (bicyclic) bond motifs is 2. The van der Waals surface area contributed by atoms with Crippen LogP contribution in [0.2, 0.25) is 0 Å². The lowest BCUT2D eigenvalue weighted by Crippen LogP contribution is -2.52. The van der Waals surface area contributed by atoms with Crippen molar-refractivity contribution in [3.63, 3.8) is 0 Å². The molecule has 4 rings (SSSR count). The van der Waals surface area contributed by atoms with Gasteiger partial charge < -0.3 is 14.6 Å². The maximum Gasteiger partial charge on any atom is 0.274 e. The Kier molecular flexibility index (Phi) is 7.10. The van der Waals surface area contributed by atoms with Gasteiger partial charge in [-0.25, -0.2) is 8.78 Å². The first kappa shape index (κ1) is 25.1. The molecule has 2 unspecified atom stereocenters. The highest BCUT2D eigenvalue weighted by Crippen LogP contribution is 2.36. The highest BCUT2D eigenvalue weighted by Gasteiger charge is 2.41. The number of aryl methyl sites for hydroxylation is 1. The standard InChI is InChI=1S/C27H32F2N2O4/c1-15(2)10-18-5-4-16(3)12-31-22(18)14-30-13-20(25(33)26(34)24(30)27(31)35)23(32)9-7-17-6-8-19(28)11-21(17)29/h6,8,11,13,15-16,18,22,34H,4-5,7,9-10,12,14H2,1-3H3/t16-,18?,22?/m1/s1. The number of hydrogen-bond donors (Lipinski definition) is 1. The fourth-order valence-corrected chi connectivity index (χ4v) is 5.53. The van der Waals surface area contributed by atoms with E-state index in [1.54, 1.807) is 9.47 Å². The summed E-state index contributed by atoms with van der Waals surface area (Å²) in [5.41, 5.74) is -1.03. The lowest BCUT2D eigenvalue weighted by molar-refractivity contribution is 0.0475. The number of carbonyl (C=O) groups is 2. The quantitative estimate of drug-likeness (QED) is 0.607. The van der Waals surface area contributed by atoms with Gasteiger partial charge in [-0.1, -0.05) is 26.8 Å². The summed E-state index contributed by atoms with van der Waals surface area (Å²) in [5, 5.41) is 10.7. The van der Waals surface area contributed by atoms with Crippen LogP contribution in [0, 0.1) is 29.4 Å². The Labute approximate surface area is 203 Å². The number of ketones is 1. The first-order valence-corrected chi connectivity index (χ1v) is 12.3. The molecule has 0 aliphatic carbocycles. The Morgan fingerprint density at radius 3 is 2.60 bits per heavy atom. The van der Waals surface area contributed by atoms with E-state index in [-0.39, 0.29) is 47.5 Å². The van der Waals surface area contributed by atoms with Crippen LogP contribution in [0.3, 0.4) is 0 Å². The van der Waals surface area contributed by atoms with E-state index < -0.39 is 28.6 Å². The van der Waals surface area contributed by atoms with Crippen molar-refractivity contribution in [2.24, 2.45) is 17.8 Å². The minimum Gasteiger partial charge on any atom is -0.503 e. The molecule has 0 spiro atoms. The molecule has 35 heavy (non-hydrogen) atoms. The number of halogens is 2. The minimum absolute atomic E-state index is 0.0173. The van der Waals surface area contributed by atoms with Gasteiger partial charge in [0.15, 0.2) is 17.2 Å². The number of aromatic nitrogens is 1. The van der Waals surface area contributed by atoms with E-state index in [4.69, 9.17) is 0 Å². The number of carbonyl (C=O) groups excluding carboxylic acids is 2. The van der Waals surface area contributed by atoms with Gasteiger partial charge in [0, 0.05) is 31.8 Å². The number of amides is 1. The lowest BCUT2D eigenvalue weighted by atomic mass is 9.85. The van der Waals surface area contributed by atoms with E-state index in [1.807, 2.05) is 0 Å². The molecule has 1 aromatic carbocycles. The van der Waals surface area contributed by atoms with Crippen molar-refractivity contribution < 1.29 is 23.5 Å². The predicted octanol–water partition coefficient (Wildman–Crippen LogP) is 4.56. The molecule has 3 atom stereocenters. The van der Waals surface area contributed by atoms with Crippen molar-refractivity contribution in [2.75, 3.05) is 6.54 Å². The molecule has 0 radical (unpaired) electrons. The summed E-state index contributed by atoms with van der Waals surface area (Å²) in [5.74, 6) is -2.09. The van der Waals surface area contributed by atoms with Gasteiger partial charge in [-0.3, -0.25) is 14.4 Å². The number of pyridine rings is 1. The molecule has 2 aliphatic heterocycles. The van der Waals surface area contributed by atoms with Crippen molar-refractivity contribution in [2.45, 2.75) is 65.5 Å². The average Bonchev–Trinajstić information content (AvgIpc) is 2.94. The second-order valence-corrected chi connectivity index (χ2v) is 10.5. The maximum absolute atomic E-state index is 14.0. The van der Waals surface area contributed by atoms with E-state index in [9.17, 15) is 28.3 Å². The Morgan fingerprint density at radius 1 is 1.17 bits per heavy atom. The van der Waals surface area contributed by atoms with Gasteiger partial charge >= 0.3 is 0 Å². The van der Waals surface area contributed by atoms with Gasteiger partial charge in [0.05, 0.1) is 11.6 Å². The third-order valence-corrected chi connectivity index (χ3v) is 7.30. The number of rotatable bonds is 6. The molecule has 1 amide bonds. The van der Waals surface area contributed by atoms with Gasteiger partial charge in [0.2, 0.25) is 5.43 Å². The molecule has 6 nitrogen and oxygen atoms in total. The van der Waals surface area contributed by atoms with Crippen molar-refractivity contribution in [1.29, 1.82) is 0 Å². The number of Topliss-reactive ketones (excluding diaryl/α,β-unsaturated/α-hetero) is 1. The molecular formula is C27H32F2N2O4. The maximum atomic E-state index is 14.0. The van der Waals surface area contributed by atoms with Gasteiger partial charge in [-0.05, 0) is 55.1 Å². The molecule has 2 aromatic rings. The van der Waals surface area contributed by atoms with Crippen molar-refractivity contribution in [3.8, 4) is 5.75 Å². The topological polar surface area (TPSA) is 79.6 Å². The highest BCUT2D eigenvalue weighted by molar-refractivity contribution is 6.00. The Bertz CT molecular complexity index is 1210. The molecule has 0 saturated carbocycles. The van der Waals surface area contributed by atoms with E-state index in [1.165, 1.54) is 12.3 Å². The molecular weight excluding hydrogens is 454 g/mol. The third-order valence-electron chi connectivity index (χ3n) is 7.30. The zero-order valence-corrected chi connectivity index (χ0v) is 20.4. The van der Waals surface area contributed by atoms with Crippen molar-refractivity contribution in [3.05, 3.63) is 63.1 Å². The third kappa shape index (κ3) is 5.02. The molecule has 1 fully saturated rings. The van der Waals surface area contributed by atoms with Crippen LogP contribution < -0.4 is 5.43 Å². The summed E-state index contributed by atoms with van der Waals surface area (Å²) >= 11 is 0. The molecule has 1 aromatic heterocycles. The van der Waals surface area contributed by atoms with Crippen LogP contribution >= 0.6 is 0 Å². The second kappa shape index (κ2) is 9.91. The summed E-state index contributed by atoms with van der Waals surface area (Å²) in [4.78, 5) is 41.0. The van der Waals surface area contributed by atoms with Gasteiger partial charge in [0.1, 0.15) is 11.6 Å². The summed E-state index contributed by atoms with van der Waals surface area (Å²) in [6.45, 7) is 7.37. The highest BCUT2D eigenvalue weighted by atomic mass is 19.1. The number of aromatic hydroxyl groups is 1. The summed E-state index contributed by atoms with van der Waals surface area (Å²) < 4.78 is 28.7. The first-order chi connectivity index (χ1) is 16.6. The molecule has 1 N–H and O–H groups in total. The van der Waals surface area contributed by atoms with E-state index in [2.05, 4.69) is 20.8 Å². The fourth-order valence-electron chi connectivity index (χ4n) is 5.53. The molecule has 1 saturated heterocycles. The smallest absolute Gasteiger partial charge is 0.274 e. The average molecular weight is 487 g/mol. The monoisotopic (exact) mass is 486 g/mol. The Morgan fingerprint density at radius 2 is 1.91 bits per heavy atom. The first-order valence-electron chi connectivity index (χ1n) is 12.3. The van der Waals surface area contributed by atoms with E-state index in [0.717, 1.165) is 31.4 Å². The normalized spacial score (nSPS) is 22.1.